The SMILES string of the molecule is CC(C)(C)C(NC(=O)C(F)(F)F)C(=O)N1CC2C(C1C(=O)NC(C#N)C(=O)N1CCCC1)C2(C)C. The lowest BCUT2D eigenvalue weighted by Crippen LogP contribution is -2.61. The summed E-state index contributed by atoms with van der Waals surface area (Å²) >= 11 is 0. The first kappa shape index (κ1) is 26.8. The Labute approximate surface area is 202 Å². The first-order valence-corrected chi connectivity index (χ1v) is 11.7. The predicted molar refractivity (Wildman–Crippen MR) is 117 cm³/mol. The van der Waals surface area contributed by atoms with E-state index in [9.17, 15) is 37.6 Å². The highest BCUT2D eigenvalue weighted by Crippen LogP contribution is 2.65. The topological polar surface area (TPSA) is 123 Å². The number of nitriles is 1. The molecule has 5 unspecified atom stereocenters. The van der Waals surface area contributed by atoms with Crippen molar-refractivity contribution < 1.29 is 32.3 Å². The molecule has 1 saturated carbocycles. The monoisotopic (exact) mass is 499 g/mol. The fourth-order valence-corrected chi connectivity index (χ4v) is 5.34. The van der Waals surface area contributed by atoms with E-state index < -0.39 is 53.3 Å². The lowest BCUT2D eigenvalue weighted by atomic mass is 9.85. The number of rotatable bonds is 5. The van der Waals surface area contributed by atoms with Crippen molar-refractivity contribution in [3.05, 3.63) is 0 Å². The van der Waals surface area contributed by atoms with E-state index >= 15 is 0 Å². The third-order valence-corrected chi connectivity index (χ3v) is 7.49. The summed E-state index contributed by atoms with van der Waals surface area (Å²) < 4.78 is 38.8. The number of fused-ring (bicyclic) bond motifs is 1. The summed E-state index contributed by atoms with van der Waals surface area (Å²) in [5.41, 5.74) is -1.38. The number of hydrogen-bond donors (Lipinski definition) is 2. The quantitative estimate of drug-likeness (QED) is 0.589. The molecule has 0 radical (unpaired) electrons. The maximum Gasteiger partial charge on any atom is 0.471 e. The summed E-state index contributed by atoms with van der Waals surface area (Å²) in [6.07, 6.45) is -3.57. The van der Waals surface area contributed by atoms with Crippen LogP contribution in [0.2, 0.25) is 0 Å². The third kappa shape index (κ3) is 5.09. The Kier molecular flexibility index (Phi) is 6.87. The number of amides is 4. The smallest absolute Gasteiger partial charge is 0.340 e. The largest absolute Gasteiger partial charge is 0.471 e. The molecule has 3 rings (SSSR count). The van der Waals surface area contributed by atoms with Crippen LogP contribution in [-0.4, -0.2) is 77.4 Å². The molecule has 5 atom stereocenters. The molecule has 0 bridgehead atoms. The molecule has 1 aliphatic carbocycles. The van der Waals surface area contributed by atoms with Crippen LogP contribution in [0.1, 0.15) is 47.5 Å². The van der Waals surface area contributed by atoms with Gasteiger partial charge in [-0.25, -0.2) is 0 Å². The van der Waals surface area contributed by atoms with Crippen molar-refractivity contribution in [3.63, 3.8) is 0 Å². The van der Waals surface area contributed by atoms with Gasteiger partial charge in [0.25, 0.3) is 5.91 Å². The van der Waals surface area contributed by atoms with Crippen LogP contribution in [0, 0.1) is 34.0 Å². The zero-order chi connectivity index (χ0) is 26.5. The summed E-state index contributed by atoms with van der Waals surface area (Å²) in [5.74, 6) is -4.63. The maximum atomic E-state index is 13.5. The number of alkyl halides is 3. The van der Waals surface area contributed by atoms with Crippen molar-refractivity contribution in [2.75, 3.05) is 19.6 Å². The number of nitrogens with zero attached hydrogens (tertiary/aromatic N) is 3. The van der Waals surface area contributed by atoms with Crippen LogP contribution in [0.3, 0.4) is 0 Å². The summed E-state index contributed by atoms with van der Waals surface area (Å²) in [5, 5.41) is 13.8. The minimum Gasteiger partial charge on any atom is -0.340 e. The number of carbonyl (C=O) groups excluding carboxylic acids is 4. The van der Waals surface area contributed by atoms with E-state index in [0.29, 0.717) is 13.1 Å². The fourth-order valence-electron chi connectivity index (χ4n) is 5.34. The molecular weight excluding hydrogens is 467 g/mol. The lowest BCUT2D eigenvalue weighted by molar-refractivity contribution is -0.176. The van der Waals surface area contributed by atoms with Crippen LogP contribution in [0.25, 0.3) is 0 Å². The Bertz CT molecular complexity index is 946. The van der Waals surface area contributed by atoms with Crippen LogP contribution in [0.4, 0.5) is 13.2 Å². The molecule has 0 aromatic carbocycles. The molecule has 0 spiro atoms. The highest BCUT2D eigenvalue weighted by Gasteiger charge is 2.70. The molecule has 4 amide bonds. The summed E-state index contributed by atoms with van der Waals surface area (Å²) in [4.78, 5) is 53.8. The Morgan fingerprint density at radius 2 is 1.60 bits per heavy atom. The van der Waals surface area contributed by atoms with Gasteiger partial charge in [-0.15, -0.1) is 0 Å². The summed E-state index contributed by atoms with van der Waals surface area (Å²) in [6.45, 7) is 9.51. The molecule has 0 aromatic heterocycles. The van der Waals surface area contributed by atoms with Crippen molar-refractivity contribution >= 4 is 23.6 Å². The third-order valence-electron chi connectivity index (χ3n) is 7.49. The molecule has 3 aliphatic rings. The second-order valence-electron chi connectivity index (χ2n) is 11.3. The van der Waals surface area contributed by atoms with Gasteiger partial charge in [0.15, 0.2) is 6.04 Å². The van der Waals surface area contributed by atoms with Crippen LogP contribution >= 0.6 is 0 Å². The zero-order valence-electron chi connectivity index (χ0n) is 20.5. The van der Waals surface area contributed by atoms with Crippen molar-refractivity contribution in [2.45, 2.75) is 71.8 Å². The first-order chi connectivity index (χ1) is 16.0. The fraction of sp³-hybridized carbons (Fsp3) is 0.783. The summed E-state index contributed by atoms with van der Waals surface area (Å²) in [6, 6.07) is -2.23. The number of carbonyl (C=O) groups is 4. The van der Waals surface area contributed by atoms with Gasteiger partial charge in [-0.3, -0.25) is 19.2 Å². The molecule has 0 aromatic rings. The van der Waals surface area contributed by atoms with Crippen LogP contribution in [-0.2, 0) is 19.2 Å². The second-order valence-corrected chi connectivity index (χ2v) is 11.3. The van der Waals surface area contributed by atoms with Crippen molar-refractivity contribution in [1.29, 1.82) is 5.26 Å². The molecule has 35 heavy (non-hydrogen) atoms. The second kappa shape index (κ2) is 8.99. The van der Waals surface area contributed by atoms with E-state index in [2.05, 4.69) is 5.32 Å². The van der Waals surface area contributed by atoms with Crippen molar-refractivity contribution in [1.82, 2.24) is 20.4 Å². The molecule has 3 fully saturated rings. The van der Waals surface area contributed by atoms with E-state index in [1.165, 1.54) is 30.6 Å². The zero-order valence-corrected chi connectivity index (χ0v) is 20.5. The Hall–Kier alpha value is -2.84. The number of likely N-dealkylation sites (tertiary alicyclic amines) is 2. The Morgan fingerprint density at radius 3 is 2.09 bits per heavy atom. The van der Waals surface area contributed by atoms with Gasteiger partial charge in [-0.2, -0.15) is 18.4 Å². The number of piperidine rings is 1. The van der Waals surface area contributed by atoms with Gasteiger partial charge < -0.3 is 20.4 Å². The number of halogens is 3. The molecular formula is C23H32F3N5O4. The molecule has 194 valence electrons. The van der Waals surface area contributed by atoms with E-state index in [0.717, 1.165) is 12.8 Å². The van der Waals surface area contributed by atoms with E-state index in [4.69, 9.17) is 0 Å². The average Bonchev–Trinajstić information content (AvgIpc) is 3.21. The number of hydrogen-bond acceptors (Lipinski definition) is 5. The van der Waals surface area contributed by atoms with Gasteiger partial charge in [-0.05, 0) is 35.5 Å². The highest BCUT2D eigenvalue weighted by molar-refractivity contribution is 5.97. The van der Waals surface area contributed by atoms with Gasteiger partial charge in [0, 0.05) is 19.6 Å². The predicted octanol–water partition coefficient (Wildman–Crippen LogP) is 1.19. The maximum absolute atomic E-state index is 13.5. The van der Waals surface area contributed by atoms with Crippen LogP contribution in [0.15, 0.2) is 0 Å². The van der Waals surface area contributed by atoms with Gasteiger partial charge >= 0.3 is 12.1 Å². The average molecular weight is 500 g/mol. The minimum atomic E-state index is -5.17. The first-order valence-electron chi connectivity index (χ1n) is 11.7. The summed E-state index contributed by atoms with van der Waals surface area (Å²) in [7, 11) is 0. The molecule has 12 heteroatoms. The lowest BCUT2D eigenvalue weighted by Gasteiger charge is -2.37. The van der Waals surface area contributed by atoms with Crippen molar-refractivity contribution in [2.24, 2.45) is 22.7 Å². The highest BCUT2D eigenvalue weighted by atomic mass is 19.4. The van der Waals surface area contributed by atoms with Crippen LogP contribution < -0.4 is 10.6 Å². The van der Waals surface area contributed by atoms with Gasteiger partial charge in [0.1, 0.15) is 12.1 Å². The Balaban J connectivity index is 1.83. The van der Waals surface area contributed by atoms with E-state index in [1.807, 2.05) is 19.9 Å². The normalized spacial score (nSPS) is 26.9. The molecule has 2 aliphatic heterocycles. The standard InChI is InChI=1S/C23H32F3N5O4/c1-21(2,3)16(29-20(35)23(24,25)26)19(34)31-11-12-14(22(12,4)5)15(31)17(32)28-13(10-27)18(33)30-8-6-7-9-30/h12-16H,6-9,11H2,1-5H3,(H,28,32)(H,29,35). The molecule has 2 saturated heterocycles. The van der Waals surface area contributed by atoms with Gasteiger partial charge in [0.2, 0.25) is 11.8 Å². The van der Waals surface area contributed by atoms with Gasteiger partial charge in [-0.1, -0.05) is 34.6 Å². The van der Waals surface area contributed by atoms with Crippen molar-refractivity contribution in [3.8, 4) is 6.07 Å². The molecule has 9 nitrogen and oxygen atoms in total. The molecule has 2 heterocycles. The Morgan fingerprint density at radius 1 is 1.03 bits per heavy atom. The van der Waals surface area contributed by atoms with E-state index in [1.54, 1.807) is 5.32 Å². The van der Waals surface area contributed by atoms with Crippen LogP contribution in [0.5, 0.6) is 0 Å². The van der Waals surface area contributed by atoms with Gasteiger partial charge in [0.05, 0.1) is 6.07 Å². The molecule has 2 N–H and O–H groups in total. The number of nitrogens with one attached hydrogen (secondary N) is 2. The van der Waals surface area contributed by atoms with E-state index in [-0.39, 0.29) is 23.8 Å². The minimum absolute atomic E-state index is 0.0732.